The number of hydrogen-bond acceptors (Lipinski definition) is 5. The predicted octanol–water partition coefficient (Wildman–Crippen LogP) is 1.48. The minimum Gasteiger partial charge on any atom is -0.340 e. The van der Waals surface area contributed by atoms with E-state index in [0.717, 1.165) is 9.75 Å². The van der Waals surface area contributed by atoms with Gasteiger partial charge in [-0.25, -0.2) is 8.42 Å². The molecule has 1 unspecified atom stereocenters. The summed E-state index contributed by atoms with van der Waals surface area (Å²) in [5, 5.41) is 3.00. The molecule has 0 bridgehead atoms. The molecule has 2 rings (SSSR count). The van der Waals surface area contributed by atoms with Crippen LogP contribution in [0, 0.1) is 19.8 Å². The predicted molar refractivity (Wildman–Crippen MR) is 99.5 cm³/mol. The number of thiophene rings is 1. The highest BCUT2D eigenvalue weighted by molar-refractivity contribution is 7.89. The van der Waals surface area contributed by atoms with Gasteiger partial charge in [0.15, 0.2) is 0 Å². The highest BCUT2D eigenvalue weighted by Crippen LogP contribution is 2.28. The Hall–Kier alpha value is -0.670. The maximum Gasteiger partial charge on any atom is 0.244 e. The number of sulfonamides is 1. The zero-order valence-corrected chi connectivity index (χ0v) is 17.0. The number of hydrogen-bond donors (Lipinski definition) is 1. The van der Waals surface area contributed by atoms with Crippen LogP contribution in [-0.4, -0.2) is 63.3 Å². The summed E-state index contributed by atoms with van der Waals surface area (Å²) < 4.78 is 27.0. The normalized spacial score (nSPS) is 17.4. The Kier molecular flexibility index (Phi) is 7.68. The van der Waals surface area contributed by atoms with E-state index in [1.807, 2.05) is 27.8 Å². The van der Waals surface area contributed by atoms with Gasteiger partial charge in [-0.2, -0.15) is 4.31 Å². The monoisotopic (exact) mass is 395 g/mol. The fourth-order valence-corrected chi connectivity index (χ4v) is 5.80. The number of halogens is 1. The van der Waals surface area contributed by atoms with Crippen LogP contribution in [-0.2, 0) is 14.8 Å². The van der Waals surface area contributed by atoms with Gasteiger partial charge in [0, 0.05) is 48.4 Å². The Morgan fingerprint density at radius 3 is 2.33 bits per heavy atom. The summed E-state index contributed by atoms with van der Waals surface area (Å²) in [6.07, 6.45) is 0. The van der Waals surface area contributed by atoms with Gasteiger partial charge in [-0.1, -0.05) is 6.92 Å². The molecule has 1 aliphatic rings. The summed E-state index contributed by atoms with van der Waals surface area (Å²) in [4.78, 5) is 16.3. The van der Waals surface area contributed by atoms with Crippen molar-refractivity contribution in [2.24, 2.45) is 5.92 Å². The van der Waals surface area contributed by atoms with E-state index in [9.17, 15) is 13.2 Å². The Morgan fingerprint density at radius 2 is 1.88 bits per heavy atom. The molecule has 1 aliphatic heterocycles. The second kappa shape index (κ2) is 8.62. The van der Waals surface area contributed by atoms with E-state index in [1.54, 1.807) is 11.0 Å². The number of rotatable bonds is 5. The molecule has 1 fully saturated rings. The minimum atomic E-state index is -3.46. The van der Waals surface area contributed by atoms with Crippen LogP contribution in [0.1, 0.15) is 16.7 Å². The second-order valence-electron chi connectivity index (χ2n) is 5.97. The molecule has 1 saturated heterocycles. The zero-order chi connectivity index (χ0) is 17.2. The summed E-state index contributed by atoms with van der Waals surface area (Å²) >= 11 is 1.50. The summed E-state index contributed by atoms with van der Waals surface area (Å²) in [6.45, 7) is 7.89. The van der Waals surface area contributed by atoms with Gasteiger partial charge >= 0.3 is 0 Å². The van der Waals surface area contributed by atoms with Gasteiger partial charge in [0.2, 0.25) is 15.9 Å². The first-order valence-electron chi connectivity index (χ1n) is 7.78. The number of carbonyl (C=O) groups is 1. The van der Waals surface area contributed by atoms with Gasteiger partial charge in [-0.3, -0.25) is 4.79 Å². The Bertz CT molecular complexity index is 668. The van der Waals surface area contributed by atoms with Crippen LogP contribution in [0.3, 0.4) is 0 Å². The summed E-state index contributed by atoms with van der Waals surface area (Å²) in [7, 11) is -1.64. The number of carbonyl (C=O) groups excluding carboxylic acids is 1. The zero-order valence-electron chi connectivity index (χ0n) is 14.5. The van der Waals surface area contributed by atoms with Crippen molar-refractivity contribution in [2.75, 3.05) is 39.8 Å². The van der Waals surface area contributed by atoms with Gasteiger partial charge in [0.25, 0.3) is 0 Å². The van der Waals surface area contributed by atoms with Crippen LogP contribution in [0.5, 0.6) is 0 Å². The smallest absolute Gasteiger partial charge is 0.244 e. The van der Waals surface area contributed by atoms with Crippen molar-refractivity contribution in [3.05, 3.63) is 15.8 Å². The molecule has 1 aromatic rings. The van der Waals surface area contributed by atoms with Gasteiger partial charge in [-0.05, 0) is 27.0 Å². The molecule has 24 heavy (non-hydrogen) atoms. The highest BCUT2D eigenvalue weighted by Gasteiger charge is 2.32. The van der Waals surface area contributed by atoms with E-state index in [-0.39, 0.29) is 24.2 Å². The van der Waals surface area contributed by atoms with Crippen LogP contribution < -0.4 is 5.32 Å². The molecule has 1 atom stereocenters. The number of amides is 1. The van der Waals surface area contributed by atoms with Crippen molar-refractivity contribution in [1.82, 2.24) is 14.5 Å². The molecule has 6 nitrogen and oxygen atoms in total. The molecule has 0 aliphatic carbocycles. The molecule has 1 amide bonds. The van der Waals surface area contributed by atoms with Gasteiger partial charge in [-0.15, -0.1) is 23.7 Å². The van der Waals surface area contributed by atoms with E-state index in [0.29, 0.717) is 37.6 Å². The lowest BCUT2D eigenvalue weighted by Crippen LogP contribution is -2.52. The molecule has 0 radical (unpaired) electrons. The van der Waals surface area contributed by atoms with Crippen LogP contribution in [0.2, 0.25) is 0 Å². The van der Waals surface area contributed by atoms with E-state index in [1.165, 1.54) is 15.6 Å². The second-order valence-corrected chi connectivity index (χ2v) is 9.33. The lowest BCUT2D eigenvalue weighted by Gasteiger charge is -2.35. The van der Waals surface area contributed by atoms with E-state index in [4.69, 9.17) is 0 Å². The molecule has 0 spiro atoms. The van der Waals surface area contributed by atoms with Crippen molar-refractivity contribution >= 4 is 39.7 Å². The largest absolute Gasteiger partial charge is 0.340 e. The minimum absolute atomic E-state index is 0. The molecule has 9 heteroatoms. The van der Waals surface area contributed by atoms with E-state index >= 15 is 0 Å². The van der Waals surface area contributed by atoms with Crippen LogP contribution in [0.25, 0.3) is 0 Å². The van der Waals surface area contributed by atoms with Gasteiger partial charge < -0.3 is 10.2 Å². The Morgan fingerprint density at radius 1 is 1.29 bits per heavy atom. The Labute approximate surface area is 154 Å². The highest BCUT2D eigenvalue weighted by atomic mass is 35.5. The molecular weight excluding hydrogens is 370 g/mol. The quantitative estimate of drug-likeness (QED) is 0.819. The third-order valence-electron chi connectivity index (χ3n) is 4.10. The van der Waals surface area contributed by atoms with Crippen molar-refractivity contribution < 1.29 is 13.2 Å². The lowest BCUT2D eigenvalue weighted by atomic mass is 10.1. The third kappa shape index (κ3) is 4.49. The van der Waals surface area contributed by atoms with Gasteiger partial charge in [0.05, 0.1) is 4.90 Å². The number of nitrogens with zero attached hydrogens (tertiary/aromatic N) is 2. The fourth-order valence-electron chi connectivity index (χ4n) is 2.86. The molecule has 138 valence electrons. The molecule has 1 N–H and O–H groups in total. The molecular formula is C15H26ClN3O3S2. The average Bonchev–Trinajstić information content (AvgIpc) is 2.86. The van der Waals surface area contributed by atoms with Crippen molar-refractivity contribution in [3.8, 4) is 0 Å². The maximum absolute atomic E-state index is 12.8. The molecule has 0 saturated carbocycles. The molecule has 0 aromatic carbocycles. The summed E-state index contributed by atoms with van der Waals surface area (Å²) in [6, 6.07) is 1.74. The van der Waals surface area contributed by atoms with Gasteiger partial charge in [0.1, 0.15) is 0 Å². The summed E-state index contributed by atoms with van der Waals surface area (Å²) in [5.74, 6) is -0.0103. The van der Waals surface area contributed by atoms with Crippen molar-refractivity contribution in [3.63, 3.8) is 0 Å². The summed E-state index contributed by atoms with van der Waals surface area (Å²) in [5.41, 5.74) is 0. The molecule has 1 aromatic heterocycles. The first-order chi connectivity index (χ1) is 10.8. The Balaban J connectivity index is 0.00000288. The fraction of sp³-hybridized carbons (Fsp3) is 0.667. The number of nitrogens with one attached hydrogen (secondary N) is 1. The van der Waals surface area contributed by atoms with E-state index in [2.05, 4.69) is 5.32 Å². The maximum atomic E-state index is 12.8. The van der Waals surface area contributed by atoms with Crippen molar-refractivity contribution in [2.45, 2.75) is 25.7 Å². The standard InChI is InChI=1S/C15H25N3O3S2.ClH/c1-11(10-16-4)15(19)17-5-7-18(8-6-17)23(20,21)14-9-12(2)22-13(14)3;/h9,11,16H,5-8,10H2,1-4H3;1H. The SMILES string of the molecule is CNCC(C)C(=O)N1CCN(S(=O)(=O)c2cc(C)sc2C)CC1.Cl. The third-order valence-corrected chi connectivity index (χ3v) is 7.22. The molecule has 2 heterocycles. The average molecular weight is 396 g/mol. The van der Waals surface area contributed by atoms with Crippen molar-refractivity contribution in [1.29, 1.82) is 0 Å². The van der Waals surface area contributed by atoms with Crippen LogP contribution in [0.4, 0.5) is 0 Å². The topological polar surface area (TPSA) is 69.7 Å². The number of piperazine rings is 1. The van der Waals surface area contributed by atoms with Crippen LogP contribution in [0.15, 0.2) is 11.0 Å². The van der Waals surface area contributed by atoms with E-state index < -0.39 is 10.0 Å². The first kappa shape index (κ1) is 21.4. The first-order valence-corrected chi connectivity index (χ1v) is 10.0. The lowest BCUT2D eigenvalue weighted by molar-refractivity contribution is -0.136. The number of aryl methyl sites for hydroxylation is 2. The van der Waals surface area contributed by atoms with Crippen LogP contribution >= 0.6 is 23.7 Å².